The van der Waals surface area contributed by atoms with E-state index in [4.69, 9.17) is 9.47 Å². The lowest BCUT2D eigenvalue weighted by Crippen LogP contribution is -2.04. The van der Waals surface area contributed by atoms with E-state index in [1.54, 1.807) is 0 Å². The summed E-state index contributed by atoms with van der Waals surface area (Å²) in [7, 11) is 0. The molecule has 0 N–H and O–H groups in total. The summed E-state index contributed by atoms with van der Waals surface area (Å²) in [6.07, 6.45) is 3.07. The monoisotopic (exact) mass is 200 g/mol. The first-order valence-electron chi connectivity index (χ1n) is 4.93. The lowest BCUT2D eigenvalue weighted by Gasteiger charge is -2.07. The number of hydrogen-bond donors (Lipinski definition) is 0. The molecule has 14 heavy (non-hydrogen) atoms. The van der Waals surface area contributed by atoms with Crippen molar-refractivity contribution in [2.45, 2.75) is 40.2 Å². The van der Waals surface area contributed by atoms with Crippen LogP contribution in [-0.2, 0) is 14.3 Å². The van der Waals surface area contributed by atoms with Crippen molar-refractivity contribution in [2.24, 2.45) is 0 Å². The van der Waals surface area contributed by atoms with Crippen molar-refractivity contribution in [3.63, 3.8) is 0 Å². The molecule has 0 rings (SSSR count). The van der Waals surface area contributed by atoms with Gasteiger partial charge in [0.25, 0.3) is 0 Å². The van der Waals surface area contributed by atoms with Gasteiger partial charge in [0.15, 0.2) is 0 Å². The Bertz CT molecular complexity index is 195. The summed E-state index contributed by atoms with van der Waals surface area (Å²) < 4.78 is 10.2. The van der Waals surface area contributed by atoms with Crippen molar-refractivity contribution in [2.75, 3.05) is 13.2 Å². The Morgan fingerprint density at radius 3 is 2.50 bits per heavy atom. The zero-order chi connectivity index (χ0) is 11.0. The van der Waals surface area contributed by atoms with E-state index < -0.39 is 0 Å². The van der Waals surface area contributed by atoms with E-state index in [0.717, 1.165) is 13.0 Å². The van der Waals surface area contributed by atoms with Crippen molar-refractivity contribution in [1.82, 2.24) is 0 Å². The topological polar surface area (TPSA) is 35.5 Å². The molecule has 0 bridgehead atoms. The number of ether oxygens (including phenoxy) is 2. The van der Waals surface area contributed by atoms with E-state index in [2.05, 4.69) is 0 Å². The smallest absolute Gasteiger partial charge is 0.302 e. The van der Waals surface area contributed by atoms with Crippen LogP contribution < -0.4 is 0 Å². The van der Waals surface area contributed by atoms with E-state index in [1.165, 1.54) is 12.5 Å². The van der Waals surface area contributed by atoms with Crippen LogP contribution in [0.1, 0.15) is 34.1 Å². The highest BCUT2D eigenvalue weighted by Gasteiger charge is 1.95. The highest BCUT2D eigenvalue weighted by atomic mass is 16.5. The summed E-state index contributed by atoms with van der Waals surface area (Å²) in [4.78, 5) is 10.5. The molecule has 82 valence electrons. The van der Waals surface area contributed by atoms with Crippen molar-refractivity contribution in [3.05, 3.63) is 11.6 Å². The normalized spacial score (nSPS) is 11.9. The second-order valence-corrected chi connectivity index (χ2v) is 3.52. The SMILES string of the molecule is CC(=O)OCC=C(C)CCOC(C)C. The molecule has 0 aromatic carbocycles. The number of carbonyl (C=O) groups excluding carboxylic acids is 1. The minimum absolute atomic E-state index is 0.243. The van der Waals surface area contributed by atoms with Gasteiger partial charge in [0.2, 0.25) is 0 Å². The lowest BCUT2D eigenvalue weighted by molar-refractivity contribution is -0.139. The largest absolute Gasteiger partial charge is 0.462 e. The molecule has 0 aliphatic rings. The van der Waals surface area contributed by atoms with Gasteiger partial charge in [-0.05, 0) is 33.3 Å². The Morgan fingerprint density at radius 1 is 1.36 bits per heavy atom. The molecule has 0 saturated heterocycles. The second kappa shape index (κ2) is 7.56. The molecule has 0 unspecified atom stereocenters. The summed E-state index contributed by atoms with van der Waals surface area (Å²) in [5.74, 6) is -0.243. The minimum atomic E-state index is -0.243. The number of hydrogen-bond acceptors (Lipinski definition) is 3. The Labute approximate surface area is 86.1 Å². The molecule has 0 aromatic heterocycles. The Kier molecular flexibility index (Phi) is 7.11. The molecule has 3 heteroatoms. The van der Waals surface area contributed by atoms with E-state index in [9.17, 15) is 4.79 Å². The third-order valence-electron chi connectivity index (χ3n) is 1.67. The van der Waals surface area contributed by atoms with Gasteiger partial charge >= 0.3 is 5.97 Å². The first-order chi connectivity index (χ1) is 6.52. The molecule has 0 amide bonds. The van der Waals surface area contributed by atoms with Crippen molar-refractivity contribution >= 4 is 5.97 Å². The van der Waals surface area contributed by atoms with Crippen LogP contribution in [-0.4, -0.2) is 25.3 Å². The predicted molar refractivity (Wildman–Crippen MR) is 56.1 cm³/mol. The molecule has 0 radical (unpaired) electrons. The fourth-order valence-electron chi connectivity index (χ4n) is 0.859. The summed E-state index contributed by atoms with van der Waals surface area (Å²) in [6, 6.07) is 0. The summed E-state index contributed by atoms with van der Waals surface area (Å²) in [5, 5.41) is 0. The van der Waals surface area contributed by atoms with Gasteiger partial charge in [-0.25, -0.2) is 0 Å². The van der Waals surface area contributed by atoms with Gasteiger partial charge in [0.1, 0.15) is 6.61 Å². The van der Waals surface area contributed by atoms with Crippen LogP contribution >= 0.6 is 0 Å². The van der Waals surface area contributed by atoms with Gasteiger partial charge in [0, 0.05) is 6.92 Å². The summed E-state index contributed by atoms with van der Waals surface area (Å²) in [5.41, 5.74) is 1.19. The van der Waals surface area contributed by atoms with Crippen molar-refractivity contribution < 1.29 is 14.3 Å². The van der Waals surface area contributed by atoms with Crippen LogP contribution in [0.4, 0.5) is 0 Å². The third-order valence-corrected chi connectivity index (χ3v) is 1.67. The Hall–Kier alpha value is -0.830. The average Bonchev–Trinajstić information content (AvgIpc) is 2.02. The van der Waals surface area contributed by atoms with E-state index in [1.807, 2.05) is 26.8 Å². The molecule has 0 aromatic rings. The zero-order valence-electron chi connectivity index (χ0n) is 9.50. The molecule has 0 saturated carbocycles. The standard InChI is InChI=1S/C11H20O3/c1-9(2)13-7-5-10(3)6-8-14-11(4)12/h6,9H,5,7-8H2,1-4H3. The van der Waals surface area contributed by atoms with E-state index >= 15 is 0 Å². The Balaban J connectivity index is 3.51. The highest BCUT2D eigenvalue weighted by molar-refractivity contribution is 5.66. The highest BCUT2D eigenvalue weighted by Crippen LogP contribution is 2.01. The summed E-state index contributed by atoms with van der Waals surface area (Å²) >= 11 is 0. The van der Waals surface area contributed by atoms with Gasteiger partial charge in [-0.3, -0.25) is 4.79 Å². The van der Waals surface area contributed by atoms with Gasteiger partial charge < -0.3 is 9.47 Å². The molecule has 0 heterocycles. The number of esters is 1. The maximum Gasteiger partial charge on any atom is 0.302 e. The molecular weight excluding hydrogens is 180 g/mol. The molecule has 0 spiro atoms. The first-order valence-corrected chi connectivity index (χ1v) is 4.93. The van der Waals surface area contributed by atoms with Crippen LogP contribution in [0.3, 0.4) is 0 Å². The molecule has 0 aliphatic carbocycles. The van der Waals surface area contributed by atoms with Gasteiger partial charge in [0.05, 0.1) is 12.7 Å². The summed E-state index contributed by atoms with van der Waals surface area (Å²) in [6.45, 7) is 8.52. The van der Waals surface area contributed by atoms with Crippen LogP contribution in [0.15, 0.2) is 11.6 Å². The van der Waals surface area contributed by atoms with Gasteiger partial charge in [-0.2, -0.15) is 0 Å². The maximum absolute atomic E-state index is 10.5. The zero-order valence-corrected chi connectivity index (χ0v) is 9.50. The first kappa shape index (κ1) is 13.2. The molecule has 0 aliphatic heterocycles. The molecule has 3 nitrogen and oxygen atoms in total. The minimum Gasteiger partial charge on any atom is -0.462 e. The third kappa shape index (κ3) is 9.26. The van der Waals surface area contributed by atoms with Gasteiger partial charge in [-0.1, -0.05) is 5.57 Å². The lowest BCUT2D eigenvalue weighted by atomic mass is 10.2. The van der Waals surface area contributed by atoms with E-state index in [-0.39, 0.29) is 12.1 Å². The maximum atomic E-state index is 10.5. The van der Waals surface area contributed by atoms with Crippen LogP contribution in [0, 0.1) is 0 Å². The fourth-order valence-corrected chi connectivity index (χ4v) is 0.859. The van der Waals surface area contributed by atoms with Crippen molar-refractivity contribution in [3.8, 4) is 0 Å². The predicted octanol–water partition coefficient (Wildman–Crippen LogP) is 2.31. The van der Waals surface area contributed by atoms with Crippen LogP contribution in [0.25, 0.3) is 0 Å². The van der Waals surface area contributed by atoms with E-state index in [0.29, 0.717) is 6.61 Å². The van der Waals surface area contributed by atoms with Crippen LogP contribution in [0.5, 0.6) is 0 Å². The molecule has 0 atom stereocenters. The number of rotatable bonds is 6. The van der Waals surface area contributed by atoms with Gasteiger partial charge in [-0.15, -0.1) is 0 Å². The molecule has 0 fully saturated rings. The van der Waals surface area contributed by atoms with Crippen molar-refractivity contribution in [1.29, 1.82) is 0 Å². The number of carbonyl (C=O) groups is 1. The quantitative estimate of drug-likeness (QED) is 0.487. The second-order valence-electron chi connectivity index (χ2n) is 3.52. The fraction of sp³-hybridized carbons (Fsp3) is 0.727. The van der Waals surface area contributed by atoms with Crippen LogP contribution in [0.2, 0.25) is 0 Å². The average molecular weight is 200 g/mol. The molecular formula is C11H20O3. The Morgan fingerprint density at radius 2 is 2.00 bits per heavy atom.